The van der Waals surface area contributed by atoms with Gasteiger partial charge in [0.25, 0.3) is 0 Å². The van der Waals surface area contributed by atoms with E-state index in [1.165, 1.54) is 4.90 Å². The Balaban J connectivity index is 1.33. The molecular formula is C23H21NO7. The third kappa shape index (κ3) is 4.74. The van der Waals surface area contributed by atoms with E-state index >= 15 is 0 Å². The third-order valence-electron chi connectivity index (χ3n) is 5.09. The number of Topliss-reactive ketones (excluding diaryl/α,β-unsaturated/α-hetero) is 1. The van der Waals surface area contributed by atoms with Gasteiger partial charge in [0.1, 0.15) is 0 Å². The van der Waals surface area contributed by atoms with Gasteiger partial charge >= 0.3 is 5.97 Å². The van der Waals surface area contributed by atoms with Gasteiger partial charge in [-0.1, -0.05) is 12.1 Å². The van der Waals surface area contributed by atoms with Crippen molar-refractivity contribution in [1.82, 2.24) is 4.90 Å². The Morgan fingerprint density at radius 1 is 0.871 bits per heavy atom. The summed E-state index contributed by atoms with van der Waals surface area (Å²) in [7, 11) is 0. The zero-order chi connectivity index (χ0) is 21.8. The molecule has 0 aliphatic carbocycles. The number of hydrogen-bond acceptors (Lipinski definition) is 7. The Morgan fingerprint density at radius 3 is 2.23 bits per heavy atom. The van der Waals surface area contributed by atoms with Crippen LogP contribution in [0.15, 0.2) is 42.5 Å². The Kier molecular flexibility index (Phi) is 5.97. The van der Waals surface area contributed by atoms with Crippen LogP contribution < -0.4 is 9.47 Å². The summed E-state index contributed by atoms with van der Waals surface area (Å²) in [6.07, 6.45) is 1.24. The summed E-state index contributed by atoms with van der Waals surface area (Å²) in [5, 5.41) is 0. The summed E-state index contributed by atoms with van der Waals surface area (Å²) >= 11 is 0. The summed E-state index contributed by atoms with van der Waals surface area (Å²) in [4.78, 5) is 49.3. The van der Waals surface area contributed by atoms with Crippen molar-refractivity contribution in [3.05, 3.63) is 59.2 Å². The molecule has 2 aromatic rings. The number of ketones is 1. The third-order valence-corrected chi connectivity index (χ3v) is 5.09. The van der Waals surface area contributed by atoms with E-state index in [1.54, 1.807) is 42.5 Å². The predicted molar refractivity (Wildman–Crippen MR) is 108 cm³/mol. The number of hydrogen-bond donors (Lipinski definition) is 0. The molecule has 0 unspecified atom stereocenters. The second-order valence-corrected chi connectivity index (χ2v) is 7.28. The van der Waals surface area contributed by atoms with Gasteiger partial charge < -0.3 is 14.2 Å². The van der Waals surface area contributed by atoms with Crippen molar-refractivity contribution >= 4 is 23.6 Å². The van der Waals surface area contributed by atoms with Crippen molar-refractivity contribution in [2.45, 2.75) is 25.8 Å². The van der Waals surface area contributed by atoms with Crippen LogP contribution in [-0.4, -0.2) is 48.3 Å². The first kappa shape index (κ1) is 20.6. The molecule has 0 atom stereocenters. The molecule has 0 N–H and O–H groups in total. The highest BCUT2D eigenvalue weighted by Gasteiger charge is 2.28. The lowest BCUT2D eigenvalue weighted by atomic mass is 10.1. The lowest BCUT2D eigenvalue weighted by molar-refractivity contribution is -0.139. The Bertz CT molecular complexity index is 1010. The molecule has 2 aliphatic rings. The van der Waals surface area contributed by atoms with Crippen LogP contribution in [0.1, 0.15) is 45.5 Å². The average molecular weight is 423 g/mol. The lowest BCUT2D eigenvalue weighted by Crippen LogP contribution is -2.28. The average Bonchev–Trinajstić information content (AvgIpc) is 2.97. The molecule has 2 aromatic carbocycles. The second-order valence-electron chi connectivity index (χ2n) is 7.28. The number of carbonyl (C=O) groups is 4. The quantitative estimate of drug-likeness (QED) is 0.400. The van der Waals surface area contributed by atoms with Gasteiger partial charge in [-0.2, -0.15) is 0 Å². The molecular weight excluding hydrogens is 402 g/mol. The molecule has 4 rings (SSSR count). The maximum atomic E-state index is 12.4. The fraction of sp³-hybridized carbons (Fsp3) is 0.304. The van der Waals surface area contributed by atoms with E-state index in [-0.39, 0.29) is 42.5 Å². The number of imide groups is 1. The molecule has 2 aliphatic heterocycles. The maximum Gasteiger partial charge on any atom is 0.338 e. The summed E-state index contributed by atoms with van der Waals surface area (Å²) in [5.74, 6) is -0.290. The minimum atomic E-state index is -0.637. The first-order valence-corrected chi connectivity index (χ1v) is 10.0. The molecule has 8 nitrogen and oxygen atoms in total. The molecule has 2 heterocycles. The predicted octanol–water partition coefficient (Wildman–Crippen LogP) is 2.54. The largest absolute Gasteiger partial charge is 0.490 e. The molecule has 0 spiro atoms. The van der Waals surface area contributed by atoms with Crippen molar-refractivity contribution in [2.24, 2.45) is 0 Å². The number of benzene rings is 2. The summed E-state index contributed by atoms with van der Waals surface area (Å²) in [6, 6.07) is 11.3. The van der Waals surface area contributed by atoms with E-state index in [4.69, 9.17) is 14.2 Å². The van der Waals surface area contributed by atoms with E-state index in [0.717, 1.165) is 12.0 Å². The van der Waals surface area contributed by atoms with Crippen molar-refractivity contribution in [1.29, 1.82) is 0 Å². The molecule has 31 heavy (non-hydrogen) atoms. The number of esters is 1. The second kappa shape index (κ2) is 8.99. The van der Waals surface area contributed by atoms with Gasteiger partial charge in [-0.25, -0.2) is 4.79 Å². The fourth-order valence-corrected chi connectivity index (χ4v) is 3.36. The van der Waals surface area contributed by atoms with Gasteiger partial charge in [0.15, 0.2) is 23.9 Å². The maximum absolute atomic E-state index is 12.4. The minimum absolute atomic E-state index is 0.176. The van der Waals surface area contributed by atoms with Crippen LogP contribution in [0.2, 0.25) is 0 Å². The molecule has 0 radical (unpaired) electrons. The minimum Gasteiger partial charge on any atom is -0.490 e. The number of rotatable bonds is 6. The van der Waals surface area contributed by atoms with E-state index in [1.807, 2.05) is 0 Å². The highest BCUT2D eigenvalue weighted by atomic mass is 16.5. The van der Waals surface area contributed by atoms with Crippen LogP contribution in [0.25, 0.3) is 0 Å². The number of nitrogens with zero attached hydrogens (tertiary/aromatic N) is 1. The van der Waals surface area contributed by atoms with E-state index in [9.17, 15) is 19.2 Å². The lowest BCUT2D eigenvalue weighted by Gasteiger charge is -2.13. The summed E-state index contributed by atoms with van der Waals surface area (Å²) in [5.41, 5.74) is 1.37. The zero-order valence-electron chi connectivity index (χ0n) is 16.8. The van der Waals surface area contributed by atoms with E-state index < -0.39 is 12.6 Å². The summed E-state index contributed by atoms with van der Waals surface area (Å²) in [6.45, 7) is 0.837. The fourth-order valence-electron chi connectivity index (χ4n) is 3.36. The Morgan fingerprint density at radius 2 is 1.52 bits per heavy atom. The van der Waals surface area contributed by atoms with Crippen LogP contribution in [-0.2, 0) is 20.9 Å². The van der Waals surface area contributed by atoms with Crippen molar-refractivity contribution in [3.63, 3.8) is 0 Å². The Hall–Kier alpha value is -3.68. The number of amides is 2. The molecule has 1 saturated heterocycles. The number of ether oxygens (including phenoxy) is 3. The number of likely N-dealkylation sites (tertiary alicyclic amines) is 1. The van der Waals surface area contributed by atoms with Gasteiger partial charge in [-0.3, -0.25) is 19.3 Å². The molecule has 0 bridgehead atoms. The first-order valence-electron chi connectivity index (χ1n) is 10.0. The zero-order valence-corrected chi connectivity index (χ0v) is 16.8. The molecule has 8 heteroatoms. The van der Waals surface area contributed by atoms with Gasteiger partial charge in [0.05, 0.1) is 25.3 Å². The van der Waals surface area contributed by atoms with Crippen molar-refractivity contribution < 1.29 is 33.4 Å². The SMILES string of the molecule is O=C(COC(=O)c1ccc(CN2C(=O)CCC2=O)cc1)c1ccc2c(c1)OCCCO2. The Labute approximate surface area is 178 Å². The van der Waals surface area contributed by atoms with Gasteiger partial charge in [-0.05, 0) is 35.9 Å². The van der Waals surface area contributed by atoms with Crippen LogP contribution >= 0.6 is 0 Å². The molecule has 0 aromatic heterocycles. The standard InChI is InChI=1S/C23H21NO7/c25-18(17-6-7-19-20(12-17)30-11-1-10-29-19)14-31-23(28)16-4-2-15(3-5-16)13-24-21(26)8-9-22(24)27/h2-7,12H,1,8-11,13-14H2. The topological polar surface area (TPSA) is 99.2 Å². The van der Waals surface area contributed by atoms with Gasteiger partial charge in [0, 0.05) is 24.8 Å². The number of fused-ring (bicyclic) bond motifs is 1. The normalized spacial score (nSPS) is 15.5. The van der Waals surface area contributed by atoms with Gasteiger partial charge in [0.2, 0.25) is 11.8 Å². The van der Waals surface area contributed by atoms with E-state index in [2.05, 4.69) is 0 Å². The van der Waals surface area contributed by atoms with Crippen LogP contribution in [0.4, 0.5) is 0 Å². The molecule has 160 valence electrons. The number of carbonyl (C=O) groups excluding carboxylic acids is 4. The van der Waals surface area contributed by atoms with Crippen molar-refractivity contribution in [2.75, 3.05) is 19.8 Å². The van der Waals surface area contributed by atoms with Crippen LogP contribution in [0.3, 0.4) is 0 Å². The first-order chi connectivity index (χ1) is 15.0. The summed E-state index contributed by atoms with van der Waals surface area (Å²) < 4.78 is 16.3. The molecule has 1 fully saturated rings. The monoisotopic (exact) mass is 423 g/mol. The van der Waals surface area contributed by atoms with E-state index in [0.29, 0.717) is 30.3 Å². The highest BCUT2D eigenvalue weighted by Crippen LogP contribution is 2.30. The van der Waals surface area contributed by atoms with Crippen molar-refractivity contribution in [3.8, 4) is 11.5 Å². The smallest absolute Gasteiger partial charge is 0.338 e. The van der Waals surface area contributed by atoms with Crippen LogP contribution in [0, 0.1) is 0 Å². The molecule has 0 saturated carbocycles. The van der Waals surface area contributed by atoms with Crippen LogP contribution in [0.5, 0.6) is 11.5 Å². The molecule has 2 amide bonds. The van der Waals surface area contributed by atoms with Gasteiger partial charge in [-0.15, -0.1) is 0 Å². The highest BCUT2D eigenvalue weighted by molar-refractivity contribution is 6.02.